The number of amides is 2. The van der Waals surface area contributed by atoms with Crippen molar-refractivity contribution in [1.29, 1.82) is 0 Å². The molecule has 5 heteroatoms. The second-order valence-electron chi connectivity index (χ2n) is 6.30. The van der Waals surface area contributed by atoms with Gasteiger partial charge in [0.2, 0.25) is 11.8 Å². The summed E-state index contributed by atoms with van der Waals surface area (Å²) in [5.41, 5.74) is 3.93. The molecule has 1 N–H and O–H groups in total. The molecule has 5 nitrogen and oxygen atoms in total. The van der Waals surface area contributed by atoms with Crippen molar-refractivity contribution in [2.24, 2.45) is 0 Å². The van der Waals surface area contributed by atoms with Crippen LogP contribution in [0.4, 0.5) is 5.69 Å². The Kier molecular flexibility index (Phi) is 6.78. The van der Waals surface area contributed by atoms with E-state index in [2.05, 4.69) is 5.32 Å². The third-order valence-corrected chi connectivity index (χ3v) is 4.25. The molecule has 2 aromatic rings. The summed E-state index contributed by atoms with van der Waals surface area (Å²) in [6.45, 7) is 6.25. The lowest BCUT2D eigenvalue weighted by Gasteiger charge is -2.23. The van der Waals surface area contributed by atoms with Gasteiger partial charge in [0.15, 0.2) is 0 Å². The summed E-state index contributed by atoms with van der Waals surface area (Å²) in [7, 11) is 1.61. The van der Waals surface area contributed by atoms with Crippen molar-refractivity contribution in [3.8, 4) is 5.75 Å². The molecule has 0 aliphatic heterocycles. The third kappa shape index (κ3) is 5.09. The van der Waals surface area contributed by atoms with Crippen LogP contribution in [0.3, 0.4) is 0 Å². The number of benzene rings is 2. The Labute approximate surface area is 155 Å². The predicted molar refractivity (Wildman–Crippen MR) is 103 cm³/mol. The zero-order valence-corrected chi connectivity index (χ0v) is 15.8. The highest BCUT2D eigenvalue weighted by Gasteiger charge is 2.15. The Morgan fingerprint density at radius 1 is 1.12 bits per heavy atom. The summed E-state index contributed by atoms with van der Waals surface area (Å²) in [6.07, 6.45) is 0.238. The van der Waals surface area contributed by atoms with E-state index in [4.69, 9.17) is 4.74 Å². The van der Waals surface area contributed by atoms with Gasteiger partial charge in [-0.05, 0) is 31.5 Å². The Bertz CT molecular complexity index is 787. The molecular weight excluding hydrogens is 328 g/mol. The predicted octanol–water partition coefficient (Wildman–Crippen LogP) is 3.37. The van der Waals surface area contributed by atoms with Crippen molar-refractivity contribution in [3.63, 3.8) is 0 Å². The zero-order chi connectivity index (χ0) is 19.1. The van der Waals surface area contributed by atoms with E-state index in [0.717, 1.165) is 28.1 Å². The minimum absolute atomic E-state index is 0.0746. The normalized spacial score (nSPS) is 10.3. The molecule has 0 saturated heterocycles. The maximum absolute atomic E-state index is 12.2. The SMILES string of the molecule is COc1ccccc1CNC(=O)CCN(C(C)=O)c1ccc(C)cc1C. The summed E-state index contributed by atoms with van der Waals surface area (Å²) in [5, 5.41) is 2.89. The average Bonchev–Trinajstić information content (AvgIpc) is 2.61. The van der Waals surface area contributed by atoms with Gasteiger partial charge < -0.3 is 15.0 Å². The maximum Gasteiger partial charge on any atom is 0.223 e. The number of carbonyl (C=O) groups is 2. The van der Waals surface area contributed by atoms with E-state index in [1.165, 1.54) is 6.92 Å². The number of anilines is 1. The fraction of sp³-hybridized carbons (Fsp3) is 0.333. The summed E-state index contributed by atoms with van der Waals surface area (Å²) >= 11 is 0. The second-order valence-corrected chi connectivity index (χ2v) is 6.30. The van der Waals surface area contributed by atoms with Gasteiger partial charge in [0.25, 0.3) is 0 Å². The zero-order valence-electron chi connectivity index (χ0n) is 15.8. The fourth-order valence-corrected chi connectivity index (χ4v) is 2.90. The van der Waals surface area contributed by atoms with Gasteiger partial charge in [0, 0.05) is 37.7 Å². The van der Waals surface area contributed by atoms with Gasteiger partial charge in [-0.1, -0.05) is 35.9 Å². The number of hydrogen-bond acceptors (Lipinski definition) is 3. The maximum atomic E-state index is 12.2. The second kappa shape index (κ2) is 9.04. The molecular formula is C21H26N2O3. The lowest BCUT2D eigenvalue weighted by atomic mass is 10.1. The summed E-state index contributed by atoms with van der Waals surface area (Å²) in [4.78, 5) is 25.9. The number of para-hydroxylation sites is 1. The van der Waals surface area contributed by atoms with Crippen LogP contribution in [-0.2, 0) is 16.1 Å². The summed E-state index contributed by atoms with van der Waals surface area (Å²) < 4.78 is 5.28. The van der Waals surface area contributed by atoms with Crippen LogP contribution in [0.15, 0.2) is 42.5 Å². The third-order valence-electron chi connectivity index (χ3n) is 4.25. The molecule has 0 unspecified atom stereocenters. The van der Waals surface area contributed by atoms with Crippen LogP contribution in [0.2, 0.25) is 0 Å². The Hall–Kier alpha value is -2.82. The lowest BCUT2D eigenvalue weighted by Crippen LogP contribution is -2.34. The molecule has 138 valence electrons. The largest absolute Gasteiger partial charge is 0.496 e. The number of rotatable bonds is 7. The average molecular weight is 354 g/mol. The van der Waals surface area contributed by atoms with Crippen molar-refractivity contribution in [1.82, 2.24) is 5.32 Å². The standard InChI is InChI=1S/C21H26N2O3/c1-15-9-10-19(16(2)13-15)23(17(3)24)12-11-21(25)22-14-18-7-5-6-8-20(18)26-4/h5-10,13H,11-12,14H2,1-4H3,(H,22,25). The van der Waals surface area contributed by atoms with Crippen molar-refractivity contribution in [2.45, 2.75) is 33.7 Å². The van der Waals surface area contributed by atoms with Crippen molar-refractivity contribution in [3.05, 3.63) is 59.2 Å². The molecule has 0 heterocycles. The van der Waals surface area contributed by atoms with Crippen LogP contribution in [-0.4, -0.2) is 25.5 Å². The first-order valence-electron chi connectivity index (χ1n) is 8.66. The minimum atomic E-state index is -0.105. The monoisotopic (exact) mass is 354 g/mol. The molecule has 0 spiro atoms. The Morgan fingerprint density at radius 2 is 1.85 bits per heavy atom. The Balaban J connectivity index is 1.96. The van der Waals surface area contributed by atoms with Crippen LogP contribution < -0.4 is 15.0 Å². The number of ether oxygens (including phenoxy) is 1. The van der Waals surface area contributed by atoms with Gasteiger partial charge in [-0.2, -0.15) is 0 Å². The number of hydrogen-bond donors (Lipinski definition) is 1. The number of aryl methyl sites for hydroxylation is 2. The molecule has 2 aromatic carbocycles. The molecule has 0 fully saturated rings. The van der Waals surface area contributed by atoms with Gasteiger partial charge in [0.1, 0.15) is 5.75 Å². The quantitative estimate of drug-likeness (QED) is 0.829. The number of nitrogens with zero attached hydrogens (tertiary/aromatic N) is 1. The van der Waals surface area contributed by atoms with Crippen LogP contribution in [0.25, 0.3) is 0 Å². The highest BCUT2D eigenvalue weighted by molar-refractivity contribution is 5.93. The van der Waals surface area contributed by atoms with Gasteiger partial charge in [-0.25, -0.2) is 0 Å². The topological polar surface area (TPSA) is 58.6 Å². The molecule has 0 atom stereocenters. The molecule has 0 saturated carbocycles. The number of carbonyl (C=O) groups excluding carboxylic acids is 2. The van der Waals surface area contributed by atoms with Crippen molar-refractivity contribution < 1.29 is 14.3 Å². The van der Waals surface area contributed by atoms with Crippen LogP contribution >= 0.6 is 0 Å². The van der Waals surface area contributed by atoms with E-state index in [-0.39, 0.29) is 18.2 Å². The first-order chi connectivity index (χ1) is 12.4. The van der Waals surface area contributed by atoms with Gasteiger partial charge in [-0.3, -0.25) is 9.59 Å². The lowest BCUT2D eigenvalue weighted by molar-refractivity contribution is -0.121. The van der Waals surface area contributed by atoms with E-state index in [1.807, 2.05) is 56.3 Å². The Morgan fingerprint density at radius 3 is 2.50 bits per heavy atom. The highest BCUT2D eigenvalue weighted by Crippen LogP contribution is 2.22. The van der Waals surface area contributed by atoms with E-state index in [9.17, 15) is 9.59 Å². The summed E-state index contributed by atoms with van der Waals surface area (Å²) in [6, 6.07) is 13.5. The van der Waals surface area contributed by atoms with Crippen LogP contribution in [0.5, 0.6) is 5.75 Å². The first kappa shape index (κ1) is 19.5. The van der Waals surface area contributed by atoms with Gasteiger partial charge in [0.05, 0.1) is 7.11 Å². The first-order valence-corrected chi connectivity index (χ1v) is 8.66. The fourth-order valence-electron chi connectivity index (χ4n) is 2.90. The van der Waals surface area contributed by atoms with E-state index >= 15 is 0 Å². The van der Waals surface area contributed by atoms with Crippen LogP contribution in [0, 0.1) is 13.8 Å². The number of methoxy groups -OCH3 is 1. The molecule has 0 bridgehead atoms. The van der Waals surface area contributed by atoms with E-state index in [0.29, 0.717) is 13.1 Å². The molecule has 0 aliphatic rings. The van der Waals surface area contributed by atoms with Crippen molar-refractivity contribution in [2.75, 3.05) is 18.6 Å². The molecule has 26 heavy (non-hydrogen) atoms. The molecule has 0 aromatic heterocycles. The number of nitrogens with one attached hydrogen (secondary N) is 1. The van der Waals surface area contributed by atoms with Gasteiger partial charge >= 0.3 is 0 Å². The smallest absolute Gasteiger partial charge is 0.223 e. The molecule has 0 radical (unpaired) electrons. The van der Waals surface area contributed by atoms with Gasteiger partial charge in [-0.15, -0.1) is 0 Å². The molecule has 2 amide bonds. The molecule has 0 aliphatic carbocycles. The summed E-state index contributed by atoms with van der Waals surface area (Å²) in [5.74, 6) is 0.565. The van der Waals surface area contributed by atoms with Crippen LogP contribution in [0.1, 0.15) is 30.0 Å². The van der Waals surface area contributed by atoms with E-state index in [1.54, 1.807) is 12.0 Å². The van der Waals surface area contributed by atoms with E-state index < -0.39 is 0 Å². The molecule has 2 rings (SSSR count). The highest BCUT2D eigenvalue weighted by atomic mass is 16.5. The minimum Gasteiger partial charge on any atom is -0.496 e. The van der Waals surface area contributed by atoms with Crippen molar-refractivity contribution >= 4 is 17.5 Å².